The summed E-state index contributed by atoms with van der Waals surface area (Å²) in [4.78, 5) is 23.6. The molecule has 24 heavy (non-hydrogen) atoms. The number of esters is 1. The number of aromatic hydroxyl groups is 1. The lowest BCUT2D eigenvalue weighted by Gasteiger charge is -2.08. The highest BCUT2D eigenvalue weighted by Crippen LogP contribution is 2.16. The van der Waals surface area contributed by atoms with E-state index in [-0.39, 0.29) is 11.3 Å². The van der Waals surface area contributed by atoms with E-state index in [0.717, 1.165) is 19.3 Å². The molecule has 5 nitrogen and oxygen atoms in total. The van der Waals surface area contributed by atoms with Crippen LogP contribution in [0.1, 0.15) is 35.7 Å². The van der Waals surface area contributed by atoms with Crippen molar-refractivity contribution in [3.63, 3.8) is 0 Å². The van der Waals surface area contributed by atoms with Crippen molar-refractivity contribution in [3.05, 3.63) is 59.7 Å². The maximum atomic E-state index is 11.8. The summed E-state index contributed by atoms with van der Waals surface area (Å²) in [5.41, 5.74) is 1.91. The van der Waals surface area contributed by atoms with Crippen LogP contribution in [0.2, 0.25) is 0 Å². The Morgan fingerprint density at radius 3 is 2.46 bits per heavy atom. The number of ether oxygens (including phenoxy) is 1. The van der Waals surface area contributed by atoms with Crippen molar-refractivity contribution in [2.45, 2.75) is 26.2 Å². The lowest BCUT2D eigenvalue weighted by atomic mass is 10.1. The molecule has 5 heteroatoms. The molecule has 0 bridgehead atoms. The Kier molecular flexibility index (Phi) is 6.37. The van der Waals surface area contributed by atoms with Crippen molar-refractivity contribution < 1.29 is 19.4 Å². The minimum Gasteiger partial charge on any atom is -0.507 e. The fourth-order valence-electron chi connectivity index (χ4n) is 2.19. The van der Waals surface area contributed by atoms with Crippen LogP contribution in [-0.2, 0) is 16.0 Å². The van der Waals surface area contributed by atoms with Crippen LogP contribution in [0, 0.1) is 0 Å². The first-order valence-corrected chi connectivity index (χ1v) is 7.94. The highest BCUT2D eigenvalue weighted by molar-refractivity contribution is 5.96. The van der Waals surface area contributed by atoms with Gasteiger partial charge >= 0.3 is 5.97 Å². The molecule has 0 saturated heterocycles. The van der Waals surface area contributed by atoms with Crippen LogP contribution in [0.3, 0.4) is 0 Å². The molecule has 0 unspecified atom stereocenters. The molecule has 0 aliphatic carbocycles. The van der Waals surface area contributed by atoms with Crippen LogP contribution in [0.15, 0.2) is 48.5 Å². The maximum absolute atomic E-state index is 11.8. The molecule has 2 N–H and O–H groups in total. The first kappa shape index (κ1) is 17.5. The molecular weight excluding hydrogens is 306 g/mol. The van der Waals surface area contributed by atoms with E-state index >= 15 is 0 Å². The number of phenols is 1. The number of aryl methyl sites for hydroxylation is 1. The highest BCUT2D eigenvalue weighted by Gasteiger charge is 2.13. The summed E-state index contributed by atoms with van der Waals surface area (Å²) in [5.74, 6) is -1.34. The van der Waals surface area contributed by atoms with Gasteiger partial charge in [0.05, 0.1) is 0 Å². The van der Waals surface area contributed by atoms with Crippen LogP contribution in [0.5, 0.6) is 5.75 Å². The molecular formula is C19H21NO4. The fourth-order valence-corrected chi connectivity index (χ4v) is 2.19. The average Bonchev–Trinajstić information content (AvgIpc) is 2.59. The number of unbranched alkanes of at least 4 members (excludes halogenated alkanes) is 1. The molecule has 0 atom stereocenters. The molecule has 126 valence electrons. The predicted octanol–water partition coefficient (Wildman–Crippen LogP) is 3.53. The topological polar surface area (TPSA) is 75.6 Å². The number of benzene rings is 2. The van der Waals surface area contributed by atoms with Crippen LogP contribution in [0.25, 0.3) is 0 Å². The number of para-hydroxylation sites is 1. The molecule has 0 fully saturated rings. The number of anilines is 1. The summed E-state index contributed by atoms with van der Waals surface area (Å²) in [7, 11) is 0. The number of hydrogen-bond donors (Lipinski definition) is 2. The molecule has 0 saturated carbocycles. The van der Waals surface area contributed by atoms with Crippen molar-refractivity contribution >= 4 is 17.6 Å². The second-order valence-corrected chi connectivity index (χ2v) is 5.44. The van der Waals surface area contributed by atoms with Gasteiger partial charge in [0.15, 0.2) is 6.61 Å². The van der Waals surface area contributed by atoms with Crippen molar-refractivity contribution in [1.82, 2.24) is 0 Å². The van der Waals surface area contributed by atoms with Gasteiger partial charge in [-0.05, 0) is 42.7 Å². The van der Waals surface area contributed by atoms with E-state index in [4.69, 9.17) is 4.74 Å². The van der Waals surface area contributed by atoms with E-state index in [2.05, 4.69) is 12.2 Å². The second-order valence-electron chi connectivity index (χ2n) is 5.44. The predicted molar refractivity (Wildman–Crippen MR) is 92.1 cm³/mol. The third-order valence-electron chi connectivity index (χ3n) is 3.52. The summed E-state index contributed by atoms with van der Waals surface area (Å²) in [5, 5.41) is 12.2. The molecule has 0 radical (unpaired) electrons. The fraction of sp³-hybridized carbons (Fsp3) is 0.263. The first-order valence-electron chi connectivity index (χ1n) is 7.94. The number of carbonyl (C=O) groups excluding carboxylic acids is 2. The third kappa shape index (κ3) is 5.12. The van der Waals surface area contributed by atoms with Gasteiger partial charge < -0.3 is 15.2 Å². The Bertz CT molecular complexity index is 695. The normalized spacial score (nSPS) is 10.2. The Morgan fingerprint density at radius 2 is 1.79 bits per heavy atom. The van der Waals surface area contributed by atoms with Gasteiger partial charge in [-0.3, -0.25) is 4.79 Å². The Morgan fingerprint density at radius 1 is 1.08 bits per heavy atom. The van der Waals surface area contributed by atoms with E-state index in [9.17, 15) is 14.7 Å². The van der Waals surface area contributed by atoms with E-state index in [1.807, 2.05) is 24.3 Å². The van der Waals surface area contributed by atoms with Crippen molar-refractivity contribution in [3.8, 4) is 5.75 Å². The maximum Gasteiger partial charge on any atom is 0.342 e. The summed E-state index contributed by atoms with van der Waals surface area (Å²) in [6, 6.07) is 13.6. The number of carbonyl (C=O) groups is 2. The molecule has 0 heterocycles. The van der Waals surface area contributed by atoms with Crippen LogP contribution < -0.4 is 5.32 Å². The van der Waals surface area contributed by atoms with Crippen molar-refractivity contribution in [2.24, 2.45) is 0 Å². The molecule has 2 aromatic carbocycles. The lowest BCUT2D eigenvalue weighted by Crippen LogP contribution is -2.21. The zero-order valence-corrected chi connectivity index (χ0v) is 13.6. The first-order chi connectivity index (χ1) is 11.6. The van der Waals surface area contributed by atoms with E-state index < -0.39 is 18.5 Å². The van der Waals surface area contributed by atoms with Gasteiger partial charge in [-0.25, -0.2) is 4.79 Å². The molecule has 0 aliphatic rings. The number of hydrogen-bond acceptors (Lipinski definition) is 4. The molecule has 2 rings (SSSR count). The van der Waals surface area contributed by atoms with Crippen LogP contribution >= 0.6 is 0 Å². The zero-order chi connectivity index (χ0) is 17.4. The highest BCUT2D eigenvalue weighted by atomic mass is 16.5. The monoisotopic (exact) mass is 327 g/mol. The molecule has 1 amide bonds. The number of phenolic OH excluding ortho intramolecular Hbond substituents is 1. The third-order valence-corrected chi connectivity index (χ3v) is 3.52. The minimum absolute atomic E-state index is 0.0329. The number of amides is 1. The van der Waals surface area contributed by atoms with Crippen LogP contribution in [-0.4, -0.2) is 23.6 Å². The minimum atomic E-state index is -0.738. The van der Waals surface area contributed by atoms with Gasteiger partial charge in [0.2, 0.25) is 0 Å². The van der Waals surface area contributed by atoms with E-state index in [1.165, 1.54) is 17.7 Å². The summed E-state index contributed by atoms with van der Waals surface area (Å²) in [6.45, 7) is 1.73. The Balaban J connectivity index is 1.83. The van der Waals surface area contributed by atoms with Gasteiger partial charge in [0.25, 0.3) is 5.91 Å². The van der Waals surface area contributed by atoms with Gasteiger partial charge in [-0.2, -0.15) is 0 Å². The summed E-state index contributed by atoms with van der Waals surface area (Å²) < 4.78 is 4.91. The summed E-state index contributed by atoms with van der Waals surface area (Å²) >= 11 is 0. The van der Waals surface area contributed by atoms with Crippen molar-refractivity contribution in [2.75, 3.05) is 11.9 Å². The van der Waals surface area contributed by atoms with Crippen LogP contribution in [0.4, 0.5) is 5.69 Å². The zero-order valence-electron chi connectivity index (χ0n) is 13.6. The SMILES string of the molecule is CCCCc1ccc(NC(=O)COC(=O)c2ccccc2O)cc1. The van der Waals surface area contributed by atoms with Gasteiger partial charge in [0, 0.05) is 5.69 Å². The molecule has 0 spiro atoms. The van der Waals surface area contributed by atoms with E-state index in [1.54, 1.807) is 12.1 Å². The molecule has 0 aromatic heterocycles. The lowest BCUT2D eigenvalue weighted by molar-refractivity contribution is -0.119. The van der Waals surface area contributed by atoms with Gasteiger partial charge in [-0.1, -0.05) is 37.6 Å². The summed E-state index contributed by atoms with van der Waals surface area (Å²) in [6.07, 6.45) is 3.29. The Labute approximate surface area is 141 Å². The quantitative estimate of drug-likeness (QED) is 0.763. The smallest absolute Gasteiger partial charge is 0.342 e. The van der Waals surface area contributed by atoms with Gasteiger partial charge in [0.1, 0.15) is 11.3 Å². The number of nitrogens with one attached hydrogen (secondary N) is 1. The largest absolute Gasteiger partial charge is 0.507 e. The Hall–Kier alpha value is -2.82. The van der Waals surface area contributed by atoms with Crippen molar-refractivity contribution in [1.29, 1.82) is 0 Å². The van der Waals surface area contributed by atoms with Gasteiger partial charge in [-0.15, -0.1) is 0 Å². The second kappa shape index (κ2) is 8.72. The molecule has 2 aromatic rings. The molecule has 0 aliphatic heterocycles. The van der Waals surface area contributed by atoms with E-state index in [0.29, 0.717) is 5.69 Å². The number of rotatable bonds is 7. The standard InChI is InChI=1S/C19H21NO4/c1-2-3-6-14-9-11-15(12-10-14)20-18(22)13-24-19(23)16-7-4-5-8-17(16)21/h4-5,7-12,21H,2-3,6,13H2,1H3,(H,20,22). The average molecular weight is 327 g/mol.